The van der Waals surface area contributed by atoms with Crippen LogP contribution in [-0.2, 0) is 9.47 Å². The minimum atomic E-state index is -0.722. The van der Waals surface area contributed by atoms with E-state index in [0.29, 0.717) is 19.6 Å². The first kappa shape index (κ1) is 8.08. The Morgan fingerprint density at radius 2 is 2.33 bits per heavy atom. The SMILES string of the molecule is OC1(C2=COCCC2)CCOC1. The molecular weight excluding hydrogens is 156 g/mol. The van der Waals surface area contributed by atoms with Crippen LogP contribution in [0.25, 0.3) is 0 Å². The Kier molecular flexibility index (Phi) is 2.07. The van der Waals surface area contributed by atoms with E-state index in [9.17, 15) is 5.11 Å². The van der Waals surface area contributed by atoms with Crippen molar-refractivity contribution in [3.05, 3.63) is 11.8 Å². The van der Waals surface area contributed by atoms with E-state index in [1.165, 1.54) is 0 Å². The summed E-state index contributed by atoms with van der Waals surface area (Å²) in [7, 11) is 0. The van der Waals surface area contributed by atoms with Gasteiger partial charge >= 0.3 is 0 Å². The van der Waals surface area contributed by atoms with Gasteiger partial charge in [-0.05, 0) is 18.4 Å². The summed E-state index contributed by atoms with van der Waals surface area (Å²) in [6.45, 7) is 1.87. The molecule has 0 aromatic carbocycles. The van der Waals surface area contributed by atoms with E-state index >= 15 is 0 Å². The van der Waals surface area contributed by atoms with Gasteiger partial charge in [0.25, 0.3) is 0 Å². The zero-order valence-electron chi connectivity index (χ0n) is 7.08. The van der Waals surface area contributed by atoms with Crippen LogP contribution in [0.4, 0.5) is 0 Å². The molecular formula is C9H14O3. The maximum absolute atomic E-state index is 10.0. The summed E-state index contributed by atoms with van der Waals surface area (Å²) in [6, 6.07) is 0. The number of hydrogen-bond donors (Lipinski definition) is 1. The molecule has 2 aliphatic heterocycles. The van der Waals surface area contributed by atoms with Gasteiger partial charge in [-0.25, -0.2) is 0 Å². The van der Waals surface area contributed by atoms with Crippen molar-refractivity contribution in [1.29, 1.82) is 0 Å². The molecule has 3 heteroatoms. The van der Waals surface area contributed by atoms with E-state index < -0.39 is 5.60 Å². The molecule has 0 bridgehead atoms. The van der Waals surface area contributed by atoms with Crippen LogP contribution < -0.4 is 0 Å². The predicted octanol–water partition coefficient (Wildman–Crippen LogP) is 0.832. The highest BCUT2D eigenvalue weighted by Crippen LogP contribution is 2.31. The lowest BCUT2D eigenvalue weighted by molar-refractivity contribution is 0.0464. The topological polar surface area (TPSA) is 38.7 Å². The molecule has 2 aliphatic rings. The van der Waals surface area contributed by atoms with Crippen molar-refractivity contribution in [3.8, 4) is 0 Å². The fourth-order valence-corrected chi connectivity index (χ4v) is 1.71. The summed E-state index contributed by atoms with van der Waals surface area (Å²) >= 11 is 0. The molecule has 1 unspecified atom stereocenters. The van der Waals surface area contributed by atoms with E-state index in [1.807, 2.05) is 0 Å². The average Bonchev–Trinajstić information content (AvgIpc) is 2.55. The Labute approximate surface area is 72.0 Å². The van der Waals surface area contributed by atoms with Crippen molar-refractivity contribution in [1.82, 2.24) is 0 Å². The molecule has 0 spiro atoms. The van der Waals surface area contributed by atoms with Gasteiger partial charge in [0, 0.05) is 13.0 Å². The third kappa shape index (κ3) is 1.34. The summed E-state index contributed by atoms with van der Waals surface area (Å²) in [4.78, 5) is 0. The molecule has 2 heterocycles. The summed E-state index contributed by atoms with van der Waals surface area (Å²) in [5.41, 5.74) is 0.284. The average molecular weight is 170 g/mol. The second-order valence-electron chi connectivity index (χ2n) is 3.45. The van der Waals surface area contributed by atoms with Crippen molar-refractivity contribution in [2.45, 2.75) is 24.9 Å². The Hall–Kier alpha value is -0.540. The first-order valence-corrected chi connectivity index (χ1v) is 4.42. The van der Waals surface area contributed by atoms with Crippen molar-refractivity contribution in [3.63, 3.8) is 0 Å². The second kappa shape index (κ2) is 3.07. The van der Waals surface area contributed by atoms with Gasteiger partial charge in [0.1, 0.15) is 5.60 Å². The Morgan fingerprint density at radius 1 is 1.42 bits per heavy atom. The number of aliphatic hydroxyl groups is 1. The molecule has 0 radical (unpaired) electrons. The quantitative estimate of drug-likeness (QED) is 0.633. The van der Waals surface area contributed by atoms with Gasteiger partial charge in [-0.1, -0.05) is 0 Å². The Morgan fingerprint density at radius 3 is 2.92 bits per heavy atom. The highest BCUT2D eigenvalue weighted by molar-refractivity contribution is 5.17. The molecule has 1 fully saturated rings. The molecule has 12 heavy (non-hydrogen) atoms. The lowest BCUT2D eigenvalue weighted by Crippen LogP contribution is -2.32. The van der Waals surface area contributed by atoms with Crippen LogP contribution in [0.1, 0.15) is 19.3 Å². The van der Waals surface area contributed by atoms with Crippen LogP contribution in [0.3, 0.4) is 0 Å². The third-order valence-electron chi connectivity index (χ3n) is 2.53. The van der Waals surface area contributed by atoms with Gasteiger partial charge in [0.15, 0.2) is 0 Å². The molecule has 0 amide bonds. The zero-order valence-corrected chi connectivity index (χ0v) is 7.08. The van der Waals surface area contributed by atoms with Crippen LogP contribution in [0.15, 0.2) is 11.8 Å². The normalized spacial score (nSPS) is 35.9. The minimum absolute atomic E-state index is 0.433. The predicted molar refractivity (Wildman–Crippen MR) is 43.7 cm³/mol. The summed E-state index contributed by atoms with van der Waals surface area (Å²) in [5.74, 6) is 0. The van der Waals surface area contributed by atoms with Crippen molar-refractivity contribution in [2.75, 3.05) is 19.8 Å². The van der Waals surface area contributed by atoms with Gasteiger partial charge in [0.05, 0.1) is 19.5 Å². The summed E-state index contributed by atoms with van der Waals surface area (Å²) in [5, 5.41) is 10.0. The molecule has 1 N–H and O–H groups in total. The van der Waals surface area contributed by atoms with Gasteiger partial charge < -0.3 is 14.6 Å². The Balaban J connectivity index is 2.10. The van der Waals surface area contributed by atoms with E-state index in [-0.39, 0.29) is 0 Å². The van der Waals surface area contributed by atoms with Gasteiger partial charge in [-0.2, -0.15) is 0 Å². The fourth-order valence-electron chi connectivity index (χ4n) is 1.71. The monoisotopic (exact) mass is 170 g/mol. The summed E-state index contributed by atoms with van der Waals surface area (Å²) < 4.78 is 10.3. The van der Waals surface area contributed by atoms with Crippen LogP contribution in [0.2, 0.25) is 0 Å². The maximum atomic E-state index is 10.0. The molecule has 68 valence electrons. The largest absolute Gasteiger partial charge is 0.501 e. The number of hydrogen-bond acceptors (Lipinski definition) is 3. The highest BCUT2D eigenvalue weighted by atomic mass is 16.5. The van der Waals surface area contributed by atoms with Crippen LogP contribution >= 0.6 is 0 Å². The van der Waals surface area contributed by atoms with E-state index in [4.69, 9.17) is 9.47 Å². The van der Waals surface area contributed by atoms with Crippen molar-refractivity contribution >= 4 is 0 Å². The standard InChI is InChI=1S/C9H14O3/c10-9(3-5-12-7-9)8-2-1-4-11-6-8/h6,10H,1-5,7H2. The maximum Gasteiger partial charge on any atom is 0.114 e. The Bertz CT molecular complexity index is 192. The molecule has 0 aromatic heterocycles. The third-order valence-corrected chi connectivity index (χ3v) is 2.53. The first-order chi connectivity index (χ1) is 5.81. The minimum Gasteiger partial charge on any atom is -0.501 e. The van der Waals surface area contributed by atoms with Crippen LogP contribution in [0, 0.1) is 0 Å². The van der Waals surface area contributed by atoms with Crippen LogP contribution in [-0.4, -0.2) is 30.5 Å². The second-order valence-corrected chi connectivity index (χ2v) is 3.45. The first-order valence-electron chi connectivity index (χ1n) is 4.42. The van der Waals surface area contributed by atoms with Crippen molar-refractivity contribution < 1.29 is 14.6 Å². The van der Waals surface area contributed by atoms with E-state index in [1.54, 1.807) is 6.26 Å². The van der Waals surface area contributed by atoms with E-state index in [0.717, 1.165) is 25.0 Å². The van der Waals surface area contributed by atoms with Gasteiger partial charge in [-0.15, -0.1) is 0 Å². The fraction of sp³-hybridized carbons (Fsp3) is 0.778. The lowest BCUT2D eigenvalue weighted by Gasteiger charge is -2.26. The molecule has 2 rings (SSSR count). The molecule has 1 saturated heterocycles. The smallest absolute Gasteiger partial charge is 0.114 e. The molecule has 3 nitrogen and oxygen atoms in total. The van der Waals surface area contributed by atoms with Gasteiger partial charge in [-0.3, -0.25) is 0 Å². The summed E-state index contributed by atoms with van der Waals surface area (Å²) in [6.07, 6.45) is 4.37. The number of ether oxygens (including phenoxy) is 2. The molecule has 0 saturated carbocycles. The molecule has 1 atom stereocenters. The van der Waals surface area contributed by atoms with Gasteiger partial charge in [0.2, 0.25) is 0 Å². The highest BCUT2D eigenvalue weighted by Gasteiger charge is 2.36. The molecule has 0 aromatic rings. The van der Waals surface area contributed by atoms with Crippen molar-refractivity contribution in [2.24, 2.45) is 0 Å². The lowest BCUT2D eigenvalue weighted by atomic mass is 9.90. The molecule has 0 aliphatic carbocycles. The zero-order chi connectivity index (χ0) is 8.44. The van der Waals surface area contributed by atoms with E-state index in [2.05, 4.69) is 0 Å². The van der Waals surface area contributed by atoms with Crippen LogP contribution in [0.5, 0.6) is 0 Å². The number of rotatable bonds is 1.